The molecule has 1 aromatic heterocycles. The van der Waals surface area contributed by atoms with Crippen molar-refractivity contribution in [2.75, 3.05) is 6.26 Å². The SMILES string of the molecule is CCC(CC)NC(=O)c1c(C)nc(C(C)C)nc1SC. The van der Waals surface area contributed by atoms with Gasteiger partial charge in [0.1, 0.15) is 10.9 Å². The van der Waals surface area contributed by atoms with Crippen LogP contribution < -0.4 is 5.32 Å². The molecule has 20 heavy (non-hydrogen) atoms. The minimum Gasteiger partial charge on any atom is -0.349 e. The monoisotopic (exact) mass is 295 g/mol. The molecule has 112 valence electrons. The number of hydrogen-bond acceptors (Lipinski definition) is 4. The fourth-order valence-electron chi connectivity index (χ4n) is 1.99. The van der Waals surface area contributed by atoms with Gasteiger partial charge in [0.15, 0.2) is 0 Å². The standard InChI is InChI=1S/C15H25N3OS/c1-7-11(8-2)17-14(19)12-10(5)16-13(9(3)4)18-15(12)20-6/h9,11H,7-8H2,1-6H3,(H,17,19). The Hall–Kier alpha value is -1.10. The topological polar surface area (TPSA) is 54.9 Å². The van der Waals surface area contributed by atoms with E-state index in [1.165, 1.54) is 11.8 Å². The highest BCUT2D eigenvalue weighted by atomic mass is 32.2. The van der Waals surface area contributed by atoms with Gasteiger partial charge in [0, 0.05) is 12.0 Å². The quantitative estimate of drug-likeness (QED) is 0.644. The van der Waals surface area contributed by atoms with E-state index in [-0.39, 0.29) is 17.9 Å². The third-order valence-corrected chi connectivity index (χ3v) is 4.01. The maximum Gasteiger partial charge on any atom is 0.256 e. The third-order valence-electron chi connectivity index (χ3n) is 3.33. The maximum atomic E-state index is 12.5. The lowest BCUT2D eigenvalue weighted by atomic mass is 10.1. The van der Waals surface area contributed by atoms with Crippen molar-refractivity contribution in [3.8, 4) is 0 Å². The molecule has 0 spiro atoms. The Labute approximate surface area is 126 Å². The molecule has 0 unspecified atom stereocenters. The molecule has 0 radical (unpaired) electrons. The highest BCUT2D eigenvalue weighted by molar-refractivity contribution is 7.98. The molecule has 0 aliphatic rings. The van der Waals surface area contributed by atoms with Crippen molar-refractivity contribution in [1.82, 2.24) is 15.3 Å². The molecule has 1 heterocycles. The highest BCUT2D eigenvalue weighted by Crippen LogP contribution is 2.23. The first-order chi connectivity index (χ1) is 9.44. The van der Waals surface area contributed by atoms with E-state index in [4.69, 9.17) is 0 Å². The molecule has 0 bridgehead atoms. The van der Waals surface area contributed by atoms with Crippen molar-refractivity contribution in [3.63, 3.8) is 0 Å². The van der Waals surface area contributed by atoms with E-state index in [0.29, 0.717) is 5.56 Å². The highest BCUT2D eigenvalue weighted by Gasteiger charge is 2.20. The van der Waals surface area contributed by atoms with Crippen LogP contribution in [0.4, 0.5) is 0 Å². The van der Waals surface area contributed by atoms with Crippen LogP contribution in [0.1, 0.15) is 68.3 Å². The van der Waals surface area contributed by atoms with Gasteiger partial charge in [-0.05, 0) is 26.0 Å². The van der Waals surface area contributed by atoms with Crippen molar-refractivity contribution < 1.29 is 4.79 Å². The van der Waals surface area contributed by atoms with Crippen LogP contribution in [-0.4, -0.2) is 28.2 Å². The van der Waals surface area contributed by atoms with Crippen LogP contribution in [0.25, 0.3) is 0 Å². The zero-order chi connectivity index (χ0) is 15.3. The summed E-state index contributed by atoms with van der Waals surface area (Å²) in [5.74, 6) is 0.998. The predicted octanol–water partition coefficient (Wildman–Crippen LogP) is 3.55. The molecular formula is C15H25N3OS. The van der Waals surface area contributed by atoms with Crippen molar-refractivity contribution in [1.29, 1.82) is 0 Å². The summed E-state index contributed by atoms with van der Waals surface area (Å²) in [6, 6.07) is 0.210. The molecule has 0 aromatic carbocycles. The molecule has 1 amide bonds. The molecule has 0 saturated carbocycles. The Bertz CT molecular complexity index is 470. The first-order valence-corrected chi connectivity index (χ1v) is 8.40. The summed E-state index contributed by atoms with van der Waals surface area (Å²) in [7, 11) is 0. The molecule has 1 rings (SSSR count). The normalized spacial score (nSPS) is 11.2. The van der Waals surface area contributed by atoms with E-state index in [0.717, 1.165) is 29.4 Å². The number of nitrogens with zero attached hydrogens (tertiary/aromatic N) is 2. The average Bonchev–Trinajstić information content (AvgIpc) is 2.43. The van der Waals surface area contributed by atoms with E-state index < -0.39 is 0 Å². The Morgan fingerprint density at radius 2 is 1.85 bits per heavy atom. The van der Waals surface area contributed by atoms with E-state index in [1.807, 2.05) is 13.2 Å². The van der Waals surface area contributed by atoms with Gasteiger partial charge in [-0.15, -0.1) is 11.8 Å². The minimum absolute atomic E-state index is 0.0594. The number of amides is 1. The molecule has 1 aromatic rings. The molecule has 0 fully saturated rings. The number of nitrogens with one attached hydrogen (secondary N) is 1. The van der Waals surface area contributed by atoms with Crippen LogP contribution in [0.2, 0.25) is 0 Å². The van der Waals surface area contributed by atoms with Crippen molar-refractivity contribution in [3.05, 3.63) is 17.1 Å². The second-order valence-electron chi connectivity index (χ2n) is 5.19. The van der Waals surface area contributed by atoms with Crippen LogP contribution in [0, 0.1) is 6.92 Å². The summed E-state index contributed by atoms with van der Waals surface area (Å²) >= 11 is 1.50. The number of aromatic nitrogens is 2. The molecule has 0 aliphatic carbocycles. The van der Waals surface area contributed by atoms with E-state index in [2.05, 4.69) is 43.0 Å². The Kier molecular flexibility index (Phi) is 6.46. The lowest BCUT2D eigenvalue weighted by Crippen LogP contribution is -2.35. The number of hydrogen-bond donors (Lipinski definition) is 1. The Balaban J connectivity index is 3.13. The third kappa shape index (κ3) is 3.95. The van der Waals surface area contributed by atoms with Gasteiger partial charge in [-0.2, -0.15) is 0 Å². The Morgan fingerprint density at radius 1 is 1.25 bits per heavy atom. The summed E-state index contributed by atoms with van der Waals surface area (Å²) in [5, 5.41) is 3.83. The fraction of sp³-hybridized carbons (Fsp3) is 0.667. The predicted molar refractivity (Wildman–Crippen MR) is 84.5 cm³/mol. The van der Waals surface area contributed by atoms with E-state index in [9.17, 15) is 4.79 Å². The van der Waals surface area contributed by atoms with E-state index >= 15 is 0 Å². The summed E-state index contributed by atoms with van der Waals surface area (Å²) < 4.78 is 0. The zero-order valence-corrected chi connectivity index (χ0v) is 14.1. The smallest absolute Gasteiger partial charge is 0.256 e. The van der Waals surface area contributed by atoms with Gasteiger partial charge in [-0.3, -0.25) is 4.79 Å². The van der Waals surface area contributed by atoms with Gasteiger partial charge in [0.25, 0.3) is 5.91 Å². The van der Waals surface area contributed by atoms with Crippen LogP contribution in [0.15, 0.2) is 5.03 Å². The van der Waals surface area contributed by atoms with Crippen molar-refractivity contribution >= 4 is 17.7 Å². The van der Waals surface area contributed by atoms with Crippen LogP contribution in [0.5, 0.6) is 0 Å². The molecule has 5 heteroatoms. The first-order valence-electron chi connectivity index (χ1n) is 7.17. The minimum atomic E-state index is -0.0594. The van der Waals surface area contributed by atoms with Gasteiger partial charge in [0.05, 0.1) is 11.3 Å². The van der Waals surface area contributed by atoms with Gasteiger partial charge >= 0.3 is 0 Å². The summed E-state index contributed by atoms with van der Waals surface area (Å²) in [4.78, 5) is 21.4. The van der Waals surface area contributed by atoms with Gasteiger partial charge in [-0.25, -0.2) is 9.97 Å². The van der Waals surface area contributed by atoms with Crippen LogP contribution >= 0.6 is 11.8 Å². The largest absolute Gasteiger partial charge is 0.349 e. The number of aryl methyl sites for hydroxylation is 1. The molecule has 0 aliphatic heterocycles. The second-order valence-corrected chi connectivity index (χ2v) is 5.99. The molecule has 1 N–H and O–H groups in total. The first kappa shape index (κ1) is 17.0. The molecule has 0 atom stereocenters. The van der Waals surface area contributed by atoms with E-state index in [1.54, 1.807) is 0 Å². The number of thioether (sulfide) groups is 1. The maximum absolute atomic E-state index is 12.5. The number of carbonyl (C=O) groups excluding carboxylic acids is 1. The second kappa shape index (κ2) is 7.62. The van der Waals surface area contributed by atoms with Gasteiger partial charge in [0.2, 0.25) is 0 Å². The fourth-order valence-corrected chi connectivity index (χ4v) is 2.61. The van der Waals surface area contributed by atoms with Crippen LogP contribution in [-0.2, 0) is 0 Å². The number of carbonyl (C=O) groups is 1. The van der Waals surface area contributed by atoms with Gasteiger partial charge < -0.3 is 5.32 Å². The summed E-state index contributed by atoms with van der Waals surface area (Å²) in [5.41, 5.74) is 1.38. The number of rotatable bonds is 6. The van der Waals surface area contributed by atoms with Crippen LogP contribution in [0.3, 0.4) is 0 Å². The molecule has 0 saturated heterocycles. The lowest BCUT2D eigenvalue weighted by molar-refractivity contribution is 0.0930. The van der Waals surface area contributed by atoms with Gasteiger partial charge in [-0.1, -0.05) is 27.7 Å². The molecular weight excluding hydrogens is 270 g/mol. The zero-order valence-electron chi connectivity index (χ0n) is 13.3. The summed E-state index contributed by atoms with van der Waals surface area (Å²) in [6.07, 6.45) is 3.81. The average molecular weight is 295 g/mol. The molecule has 4 nitrogen and oxygen atoms in total. The lowest BCUT2D eigenvalue weighted by Gasteiger charge is -2.17. The van der Waals surface area contributed by atoms with Crippen molar-refractivity contribution in [2.24, 2.45) is 0 Å². The Morgan fingerprint density at radius 3 is 2.30 bits per heavy atom. The summed E-state index contributed by atoms with van der Waals surface area (Å²) in [6.45, 7) is 10.2. The van der Waals surface area contributed by atoms with Crippen molar-refractivity contribution in [2.45, 2.75) is 64.4 Å².